The van der Waals surface area contributed by atoms with Crippen molar-refractivity contribution in [2.45, 2.75) is 6.54 Å². The molecule has 0 bridgehead atoms. The van der Waals surface area contributed by atoms with Crippen LogP contribution in [0.1, 0.15) is 5.56 Å². The van der Waals surface area contributed by atoms with Gasteiger partial charge >= 0.3 is 0 Å². The summed E-state index contributed by atoms with van der Waals surface area (Å²) in [6.07, 6.45) is 5.60. The lowest BCUT2D eigenvalue weighted by Gasteiger charge is -1.92. The highest BCUT2D eigenvalue weighted by atomic mass is 15.1. The average Bonchev–Trinajstić information content (AvgIpc) is 2.62. The number of aromatic nitrogens is 3. The van der Waals surface area contributed by atoms with E-state index in [4.69, 9.17) is 0 Å². The first kappa shape index (κ1) is 5.94. The molecule has 3 rings (SSSR count). The molecule has 2 aromatic heterocycles. The Bertz CT molecular complexity index is 431. The van der Waals surface area contributed by atoms with Gasteiger partial charge in [-0.2, -0.15) is 0 Å². The third-order valence-electron chi connectivity index (χ3n) is 2.16. The number of nitrogens with zero attached hydrogens (tertiary/aromatic N) is 3. The van der Waals surface area contributed by atoms with E-state index in [-0.39, 0.29) is 0 Å². The van der Waals surface area contributed by atoms with E-state index in [1.165, 1.54) is 5.56 Å². The number of imidazole rings is 1. The highest BCUT2D eigenvalue weighted by Crippen LogP contribution is 2.26. The van der Waals surface area contributed by atoms with Gasteiger partial charge in [-0.05, 0) is 6.07 Å². The molecule has 0 amide bonds. The van der Waals surface area contributed by atoms with Gasteiger partial charge in [-0.1, -0.05) is 6.07 Å². The highest BCUT2D eigenvalue weighted by molar-refractivity contribution is 5.59. The number of rotatable bonds is 0. The van der Waals surface area contributed by atoms with Gasteiger partial charge in [0, 0.05) is 24.2 Å². The Morgan fingerprint density at radius 2 is 2.25 bits per heavy atom. The molecule has 0 N–H and O–H groups in total. The minimum atomic E-state index is 0.915. The monoisotopic (exact) mass is 157 g/mol. The summed E-state index contributed by atoms with van der Waals surface area (Å²) in [6, 6.07) is 4.06. The smallest absolute Gasteiger partial charge is 0.159 e. The maximum atomic E-state index is 4.29. The van der Waals surface area contributed by atoms with Crippen LogP contribution in [0.25, 0.3) is 11.5 Å². The molecule has 12 heavy (non-hydrogen) atoms. The van der Waals surface area contributed by atoms with Crippen LogP contribution in [0.5, 0.6) is 0 Å². The Balaban J connectivity index is 2.34. The molecule has 0 atom stereocenters. The fraction of sp³-hybridized carbons (Fsp3) is 0.111. The van der Waals surface area contributed by atoms with E-state index in [2.05, 4.69) is 20.6 Å². The van der Waals surface area contributed by atoms with E-state index >= 15 is 0 Å². The quantitative estimate of drug-likeness (QED) is 0.492. The van der Waals surface area contributed by atoms with Crippen LogP contribution >= 0.6 is 0 Å². The largest absolute Gasteiger partial charge is 0.325 e. The first-order chi connectivity index (χ1) is 5.95. The Hall–Kier alpha value is -1.64. The first-order valence-corrected chi connectivity index (χ1v) is 3.90. The summed E-state index contributed by atoms with van der Waals surface area (Å²) in [7, 11) is 0. The summed E-state index contributed by atoms with van der Waals surface area (Å²) in [5, 5.41) is 0. The Labute approximate surface area is 69.7 Å². The van der Waals surface area contributed by atoms with Crippen molar-refractivity contribution in [2.75, 3.05) is 0 Å². The summed E-state index contributed by atoms with van der Waals surface area (Å²) in [4.78, 5) is 8.53. The van der Waals surface area contributed by atoms with Crippen molar-refractivity contribution in [3.63, 3.8) is 0 Å². The molecule has 3 heteroatoms. The van der Waals surface area contributed by atoms with Crippen molar-refractivity contribution < 1.29 is 0 Å². The van der Waals surface area contributed by atoms with Crippen molar-refractivity contribution in [2.24, 2.45) is 0 Å². The standard InChI is InChI=1S/C9H7N3/c1-2-7-6-12-5-4-11-9(12)8(7)10-3-1/h1-5H,6H2. The second-order valence-electron chi connectivity index (χ2n) is 2.89. The second-order valence-corrected chi connectivity index (χ2v) is 2.89. The predicted molar refractivity (Wildman–Crippen MR) is 44.6 cm³/mol. The maximum Gasteiger partial charge on any atom is 0.159 e. The molecule has 3 heterocycles. The number of hydrogen-bond acceptors (Lipinski definition) is 2. The second kappa shape index (κ2) is 1.94. The fourth-order valence-corrected chi connectivity index (χ4v) is 1.60. The Morgan fingerprint density at radius 3 is 3.25 bits per heavy atom. The molecule has 58 valence electrons. The first-order valence-electron chi connectivity index (χ1n) is 3.90. The zero-order valence-corrected chi connectivity index (χ0v) is 6.44. The van der Waals surface area contributed by atoms with Crippen LogP contribution in [0, 0.1) is 0 Å². The van der Waals surface area contributed by atoms with Crippen LogP contribution in [-0.4, -0.2) is 14.5 Å². The predicted octanol–water partition coefficient (Wildman–Crippen LogP) is 1.31. The van der Waals surface area contributed by atoms with Gasteiger partial charge in [-0.3, -0.25) is 4.98 Å². The van der Waals surface area contributed by atoms with Gasteiger partial charge in [-0.15, -0.1) is 0 Å². The SMILES string of the molecule is c1cnc2c(c1)Cn1ccnc1-2. The van der Waals surface area contributed by atoms with E-state index in [0.29, 0.717) is 0 Å². The lowest BCUT2D eigenvalue weighted by Crippen LogP contribution is -1.88. The minimum absolute atomic E-state index is 0.915. The van der Waals surface area contributed by atoms with Gasteiger partial charge < -0.3 is 4.57 Å². The third kappa shape index (κ3) is 0.605. The van der Waals surface area contributed by atoms with Crippen molar-refractivity contribution in [1.82, 2.24) is 14.5 Å². The third-order valence-corrected chi connectivity index (χ3v) is 2.16. The van der Waals surface area contributed by atoms with Crippen LogP contribution < -0.4 is 0 Å². The van der Waals surface area contributed by atoms with Gasteiger partial charge in [0.1, 0.15) is 5.69 Å². The van der Waals surface area contributed by atoms with Crippen LogP contribution in [0.2, 0.25) is 0 Å². The van der Waals surface area contributed by atoms with Crippen molar-refractivity contribution in [3.05, 3.63) is 36.3 Å². The molecule has 0 fully saturated rings. The van der Waals surface area contributed by atoms with E-state index < -0.39 is 0 Å². The molecule has 0 aliphatic carbocycles. The fourth-order valence-electron chi connectivity index (χ4n) is 1.60. The average molecular weight is 157 g/mol. The highest BCUT2D eigenvalue weighted by Gasteiger charge is 2.18. The van der Waals surface area contributed by atoms with Crippen LogP contribution in [-0.2, 0) is 6.54 Å². The van der Waals surface area contributed by atoms with Gasteiger partial charge in [0.15, 0.2) is 5.82 Å². The molecular weight excluding hydrogens is 150 g/mol. The summed E-state index contributed by atoms with van der Waals surface area (Å²) in [5.74, 6) is 0.991. The van der Waals surface area contributed by atoms with Gasteiger partial charge in [0.2, 0.25) is 0 Å². The zero-order chi connectivity index (χ0) is 7.97. The molecular formula is C9H7N3. The lowest BCUT2D eigenvalue weighted by molar-refractivity contribution is 0.848. The van der Waals surface area contributed by atoms with Crippen LogP contribution in [0.4, 0.5) is 0 Å². The Kier molecular flexibility index (Phi) is 0.961. The molecule has 1 aliphatic rings. The minimum Gasteiger partial charge on any atom is -0.325 e. The van der Waals surface area contributed by atoms with Gasteiger partial charge in [-0.25, -0.2) is 4.98 Å². The molecule has 0 aromatic carbocycles. The molecule has 0 saturated carbocycles. The van der Waals surface area contributed by atoms with Crippen molar-refractivity contribution in [1.29, 1.82) is 0 Å². The van der Waals surface area contributed by atoms with Gasteiger partial charge in [0.05, 0.1) is 6.54 Å². The van der Waals surface area contributed by atoms with Crippen LogP contribution in [0.3, 0.4) is 0 Å². The molecule has 0 radical (unpaired) electrons. The molecule has 1 aliphatic heterocycles. The summed E-state index contributed by atoms with van der Waals surface area (Å²) >= 11 is 0. The molecule has 0 spiro atoms. The zero-order valence-electron chi connectivity index (χ0n) is 6.44. The van der Waals surface area contributed by atoms with Crippen LogP contribution in [0.15, 0.2) is 30.7 Å². The van der Waals surface area contributed by atoms with Gasteiger partial charge in [0.25, 0.3) is 0 Å². The Morgan fingerprint density at radius 1 is 1.25 bits per heavy atom. The summed E-state index contributed by atoms with van der Waals surface area (Å²) in [5.41, 5.74) is 2.29. The summed E-state index contributed by atoms with van der Waals surface area (Å²) < 4.78 is 2.11. The van der Waals surface area contributed by atoms with E-state index in [9.17, 15) is 0 Å². The topological polar surface area (TPSA) is 30.7 Å². The molecule has 0 unspecified atom stereocenters. The number of fused-ring (bicyclic) bond motifs is 3. The van der Waals surface area contributed by atoms with Crippen molar-refractivity contribution in [3.8, 4) is 11.5 Å². The van der Waals surface area contributed by atoms with Crippen molar-refractivity contribution >= 4 is 0 Å². The number of pyridine rings is 1. The molecule has 0 saturated heterocycles. The lowest BCUT2D eigenvalue weighted by atomic mass is 10.2. The molecule has 3 nitrogen and oxygen atoms in total. The normalized spacial score (nSPS) is 12.7. The number of hydrogen-bond donors (Lipinski definition) is 0. The van der Waals surface area contributed by atoms with E-state index in [1.54, 1.807) is 0 Å². The maximum absolute atomic E-state index is 4.29. The molecule has 2 aromatic rings. The summed E-state index contributed by atoms with van der Waals surface area (Å²) in [6.45, 7) is 0.915. The van der Waals surface area contributed by atoms with E-state index in [1.807, 2.05) is 24.7 Å². The van der Waals surface area contributed by atoms with E-state index in [0.717, 1.165) is 18.1 Å².